The maximum atomic E-state index is 11.5. The van der Waals surface area contributed by atoms with Crippen molar-refractivity contribution in [3.8, 4) is 0 Å². The molecule has 0 aromatic heterocycles. The molecule has 0 saturated heterocycles. The summed E-state index contributed by atoms with van der Waals surface area (Å²) in [4.78, 5) is 11.5. The van der Waals surface area contributed by atoms with Crippen molar-refractivity contribution < 1.29 is 9.53 Å². The fraction of sp³-hybridized carbons (Fsp3) is 0.929. The molecule has 0 bridgehead atoms. The van der Waals surface area contributed by atoms with Crippen LogP contribution in [0.25, 0.3) is 0 Å². The summed E-state index contributed by atoms with van der Waals surface area (Å²) < 4.78 is 5.19. The number of carbonyl (C=O) groups excluding carboxylic acids is 1. The summed E-state index contributed by atoms with van der Waals surface area (Å²) in [5.74, 6) is 0. The highest BCUT2D eigenvalue weighted by Gasteiger charge is 2.31. The predicted octanol–water partition coefficient (Wildman–Crippen LogP) is 2.68. The number of hydrogen-bond acceptors (Lipinski definition) is 3. The van der Waals surface area contributed by atoms with E-state index in [1.54, 1.807) is 0 Å². The molecule has 4 heteroatoms. The number of carbonyl (C=O) groups is 1. The van der Waals surface area contributed by atoms with E-state index in [4.69, 9.17) is 4.74 Å². The van der Waals surface area contributed by atoms with Crippen molar-refractivity contribution in [2.24, 2.45) is 5.41 Å². The lowest BCUT2D eigenvalue weighted by molar-refractivity contribution is 0.0521. The van der Waals surface area contributed by atoms with Gasteiger partial charge in [-0.25, -0.2) is 4.79 Å². The lowest BCUT2D eigenvalue weighted by Crippen LogP contribution is -2.46. The summed E-state index contributed by atoms with van der Waals surface area (Å²) in [6, 6.07) is 0.273. The van der Waals surface area contributed by atoms with Crippen molar-refractivity contribution in [2.75, 3.05) is 13.1 Å². The molecule has 0 aromatic carbocycles. The van der Waals surface area contributed by atoms with Gasteiger partial charge in [-0.2, -0.15) is 0 Å². The Hall–Kier alpha value is -0.770. The van der Waals surface area contributed by atoms with E-state index in [0.29, 0.717) is 12.0 Å². The monoisotopic (exact) mass is 256 g/mol. The Bertz CT molecular complexity index is 280. The van der Waals surface area contributed by atoms with Crippen molar-refractivity contribution in [1.82, 2.24) is 10.6 Å². The van der Waals surface area contributed by atoms with Gasteiger partial charge in [0.1, 0.15) is 5.60 Å². The molecule has 1 aliphatic rings. The van der Waals surface area contributed by atoms with E-state index in [1.807, 2.05) is 20.8 Å². The van der Waals surface area contributed by atoms with E-state index in [2.05, 4.69) is 24.5 Å². The van der Waals surface area contributed by atoms with Crippen LogP contribution in [0, 0.1) is 5.41 Å². The third kappa shape index (κ3) is 5.71. The highest BCUT2D eigenvalue weighted by Crippen LogP contribution is 2.39. The molecule has 1 unspecified atom stereocenters. The number of nitrogens with one attached hydrogen (secondary N) is 2. The highest BCUT2D eigenvalue weighted by molar-refractivity contribution is 5.67. The van der Waals surface area contributed by atoms with Crippen LogP contribution < -0.4 is 10.6 Å². The Morgan fingerprint density at radius 1 is 1.39 bits per heavy atom. The van der Waals surface area contributed by atoms with Crippen LogP contribution in [0.1, 0.15) is 53.9 Å². The smallest absolute Gasteiger partial charge is 0.407 e. The maximum absolute atomic E-state index is 11.5. The Kier molecular flexibility index (Phi) is 5.02. The first-order valence-electron chi connectivity index (χ1n) is 6.90. The lowest BCUT2D eigenvalue weighted by atomic mass is 9.70. The van der Waals surface area contributed by atoms with Gasteiger partial charge >= 0.3 is 6.09 Å². The Morgan fingerprint density at radius 2 is 2.00 bits per heavy atom. The first-order valence-corrected chi connectivity index (χ1v) is 6.90. The van der Waals surface area contributed by atoms with E-state index < -0.39 is 5.60 Å². The van der Waals surface area contributed by atoms with Gasteiger partial charge < -0.3 is 15.4 Å². The summed E-state index contributed by atoms with van der Waals surface area (Å²) in [5, 5.41) is 6.26. The fourth-order valence-corrected chi connectivity index (χ4v) is 2.00. The van der Waals surface area contributed by atoms with Crippen LogP contribution in [-0.2, 0) is 4.74 Å². The molecule has 1 aliphatic carbocycles. The molecular formula is C14H28N2O2. The molecule has 1 saturated carbocycles. The van der Waals surface area contributed by atoms with Crippen LogP contribution in [0.4, 0.5) is 4.79 Å². The number of alkyl carbamates (subject to hydrolysis) is 1. The molecule has 1 amide bonds. The second kappa shape index (κ2) is 5.91. The number of amides is 1. The third-order valence-electron chi connectivity index (χ3n) is 3.39. The number of ether oxygens (including phenoxy) is 1. The van der Waals surface area contributed by atoms with E-state index in [-0.39, 0.29) is 12.1 Å². The molecule has 1 fully saturated rings. The van der Waals surface area contributed by atoms with E-state index in [1.165, 1.54) is 19.3 Å². The van der Waals surface area contributed by atoms with Gasteiger partial charge in [0.15, 0.2) is 0 Å². The molecule has 0 radical (unpaired) electrons. The first kappa shape index (κ1) is 15.3. The van der Waals surface area contributed by atoms with Gasteiger partial charge in [-0.1, -0.05) is 13.3 Å². The zero-order valence-electron chi connectivity index (χ0n) is 12.4. The van der Waals surface area contributed by atoms with Gasteiger partial charge in [-0.3, -0.25) is 0 Å². The zero-order valence-corrected chi connectivity index (χ0v) is 12.4. The van der Waals surface area contributed by atoms with Crippen LogP contribution in [0.2, 0.25) is 0 Å². The summed E-state index contributed by atoms with van der Waals surface area (Å²) in [5.41, 5.74) is 0.0420. The van der Waals surface area contributed by atoms with Gasteiger partial charge in [-0.05, 0) is 46.0 Å². The molecule has 0 heterocycles. The summed E-state index contributed by atoms with van der Waals surface area (Å²) >= 11 is 0. The highest BCUT2D eigenvalue weighted by atomic mass is 16.6. The molecule has 4 nitrogen and oxygen atoms in total. The van der Waals surface area contributed by atoms with Gasteiger partial charge in [0, 0.05) is 19.1 Å². The first-order chi connectivity index (χ1) is 8.20. The van der Waals surface area contributed by atoms with Crippen LogP contribution >= 0.6 is 0 Å². The second-order valence-electron chi connectivity index (χ2n) is 6.83. The molecule has 0 spiro atoms. The van der Waals surface area contributed by atoms with Crippen molar-refractivity contribution in [1.29, 1.82) is 0 Å². The third-order valence-corrected chi connectivity index (χ3v) is 3.39. The zero-order chi connectivity index (χ0) is 13.8. The topological polar surface area (TPSA) is 50.4 Å². The van der Waals surface area contributed by atoms with Gasteiger partial charge in [0.2, 0.25) is 0 Å². The molecule has 1 rings (SSSR count). The average Bonchev–Trinajstić information content (AvgIpc) is 2.18. The number of hydrogen-bond donors (Lipinski definition) is 2. The molecule has 2 N–H and O–H groups in total. The fourth-order valence-electron chi connectivity index (χ4n) is 2.00. The van der Waals surface area contributed by atoms with E-state index in [0.717, 1.165) is 6.54 Å². The SMILES string of the molecule is CC(CNC(=O)OC(C)(C)C)NCC1(C)CCC1. The Morgan fingerprint density at radius 3 is 2.44 bits per heavy atom. The number of rotatable bonds is 5. The second-order valence-corrected chi connectivity index (χ2v) is 6.83. The minimum Gasteiger partial charge on any atom is -0.444 e. The Labute approximate surface area is 111 Å². The minimum absolute atomic E-state index is 0.273. The molecule has 0 aliphatic heterocycles. The molecular weight excluding hydrogens is 228 g/mol. The van der Waals surface area contributed by atoms with Crippen LogP contribution in [-0.4, -0.2) is 30.8 Å². The molecule has 106 valence electrons. The van der Waals surface area contributed by atoms with E-state index >= 15 is 0 Å². The van der Waals surface area contributed by atoms with Crippen LogP contribution in [0.5, 0.6) is 0 Å². The average molecular weight is 256 g/mol. The van der Waals surface area contributed by atoms with Crippen molar-refractivity contribution in [2.45, 2.75) is 65.5 Å². The summed E-state index contributed by atoms with van der Waals surface area (Å²) in [6.45, 7) is 11.6. The standard InChI is InChI=1S/C14H28N2O2/c1-11(16-10-14(5)7-6-8-14)9-15-12(17)18-13(2,3)4/h11,16H,6-10H2,1-5H3,(H,15,17). The molecule has 18 heavy (non-hydrogen) atoms. The summed E-state index contributed by atoms with van der Waals surface area (Å²) in [7, 11) is 0. The van der Waals surface area contributed by atoms with Crippen molar-refractivity contribution in [3.05, 3.63) is 0 Å². The maximum Gasteiger partial charge on any atom is 0.407 e. The Balaban J connectivity index is 2.12. The van der Waals surface area contributed by atoms with Crippen LogP contribution in [0.15, 0.2) is 0 Å². The quantitative estimate of drug-likeness (QED) is 0.795. The minimum atomic E-state index is -0.430. The predicted molar refractivity (Wildman–Crippen MR) is 73.7 cm³/mol. The van der Waals surface area contributed by atoms with Gasteiger partial charge in [0.25, 0.3) is 0 Å². The van der Waals surface area contributed by atoms with Gasteiger partial charge in [-0.15, -0.1) is 0 Å². The van der Waals surface area contributed by atoms with Gasteiger partial charge in [0.05, 0.1) is 0 Å². The van der Waals surface area contributed by atoms with Crippen LogP contribution in [0.3, 0.4) is 0 Å². The lowest BCUT2D eigenvalue weighted by Gasteiger charge is -2.39. The molecule has 0 aromatic rings. The molecule has 1 atom stereocenters. The normalized spacial score (nSPS) is 19.8. The largest absolute Gasteiger partial charge is 0.444 e. The summed E-state index contributed by atoms with van der Waals surface area (Å²) in [6.07, 6.45) is 3.63. The van der Waals surface area contributed by atoms with Crippen molar-refractivity contribution in [3.63, 3.8) is 0 Å². The van der Waals surface area contributed by atoms with E-state index in [9.17, 15) is 4.79 Å². The van der Waals surface area contributed by atoms with Crippen molar-refractivity contribution >= 4 is 6.09 Å².